The number of rotatable bonds is 5. The van der Waals surface area contributed by atoms with Crippen molar-refractivity contribution in [3.8, 4) is 11.8 Å². The zero-order valence-electron chi connectivity index (χ0n) is 10.3. The monoisotopic (exact) mass is 265 g/mol. The zero-order chi connectivity index (χ0) is 13.2. The molecular formula is C14H16ClNO2. The largest absolute Gasteiger partial charge is 0.493 e. The lowest BCUT2D eigenvalue weighted by Gasteiger charge is -2.17. The number of aliphatic hydroxyl groups excluding tert-OH is 1. The first-order valence-electron chi connectivity index (χ1n) is 6.04. The van der Waals surface area contributed by atoms with Crippen LogP contribution in [0.25, 0.3) is 0 Å². The molecule has 1 aromatic rings. The van der Waals surface area contributed by atoms with Crippen LogP contribution in [-0.2, 0) is 0 Å². The molecule has 1 saturated carbocycles. The summed E-state index contributed by atoms with van der Waals surface area (Å²) >= 11 is 5.90. The average molecular weight is 266 g/mol. The Balaban J connectivity index is 2.08. The molecule has 0 bridgehead atoms. The average Bonchev–Trinajstić information content (AvgIpc) is 3.08. The number of aliphatic hydroxyl groups is 1. The summed E-state index contributed by atoms with van der Waals surface area (Å²) in [6.07, 6.45) is 1.99. The van der Waals surface area contributed by atoms with E-state index in [4.69, 9.17) is 21.6 Å². The normalized spacial score (nSPS) is 17.9. The van der Waals surface area contributed by atoms with Crippen LogP contribution in [0, 0.1) is 16.7 Å². The van der Waals surface area contributed by atoms with Crippen LogP contribution in [0.1, 0.15) is 37.9 Å². The highest BCUT2D eigenvalue weighted by atomic mass is 35.5. The minimum absolute atomic E-state index is 0.0321. The van der Waals surface area contributed by atoms with Gasteiger partial charge in [0, 0.05) is 22.4 Å². The van der Waals surface area contributed by atoms with Gasteiger partial charge in [0.1, 0.15) is 5.75 Å². The van der Waals surface area contributed by atoms with Gasteiger partial charge in [0.2, 0.25) is 0 Å². The summed E-state index contributed by atoms with van der Waals surface area (Å²) in [5.74, 6) is 0.651. The molecule has 1 aromatic carbocycles. The number of benzene rings is 1. The molecular weight excluding hydrogens is 250 g/mol. The van der Waals surface area contributed by atoms with Crippen molar-refractivity contribution in [2.45, 2.75) is 32.3 Å². The summed E-state index contributed by atoms with van der Waals surface area (Å²) < 4.78 is 5.76. The van der Waals surface area contributed by atoms with Crippen molar-refractivity contribution in [2.75, 3.05) is 6.61 Å². The van der Waals surface area contributed by atoms with Crippen LogP contribution in [0.5, 0.6) is 5.75 Å². The highest BCUT2D eigenvalue weighted by Gasteiger charge is 2.43. The van der Waals surface area contributed by atoms with Crippen LogP contribution in [0.15, 0.2) is 18.2 Å². The van der Waals surface area contributed by atoms with Gasteiger partial charge in [-0.2, -0.15) is 5.26 Å². The van der Waals surface area contributed by atoms with Gasteiger partial charge in [-0.25, -0.2) is 0 Å². The maximum atomic E-state index is 9.69. The summed E-state index contributed by atoms with van der Waals surface area (Å²) in [6, 6.07) is 7.43. The zero-order valence-corrected chi connectivity index (χ0v) is 11.1. The summed E-state index contributed by atoms with van der Waals surface area (Å²) in [5.41, 5.74) is 0.722. The molecule has 2 rings (SSSR count). The molecule has 0 heterocycles. The SMILES string of the molecule is C[C@H](O)c1cc(Cl)ccc1OCC1(CC#N)CC1. The number of nitriles is 1. The van der Waals surface area contributed by atoms with Gasteiger partial charge < -0.3 is 9.84 Å². The van der Waals surface area contributed by atoms with E-state index in [1.165, 1.54) is 0 Å². The second-order valence-corrected chi connectivity index (χ2v) is 5.42. The van der Waals surface area contributed by atoms with Gasteiger partial charge in [0.25, 0.3) is 0 Å². The number of ether oxygens (including phenoxy) is 1. The van der Waals surface area contributed by atoms with E-state index in [1.807, 2.05) is 0 Å². The lowest BCUT2D eigenvalue weighted by molar-refractivity contribution is 0.183. The summed E-state index contributed by atoms with van der Waals surface area (Å²) in [6.45, 7) is 2.21. The fourth-order valence-corrected chi connectivity index (χ4v) is 2.11. The van der Waals surface area contributed by atoms with Crippen molar-refractivity contribution in [3.63, 3.8) is 0 Å². The molecule has 1 fully saturated rings. The molecule has 1 atom stereocenters. The predicted molar refractivity (Wildman–Crippen MR) is 69.5 cm³/mol. The van der Waals surface area contributed by atoms with Gasteiger partial charge in [-0.3, -0.25) is 0 Å². The third-order valence-corrected chi connectivity index (χ3v) is 3.60. The van der Waals surface area contributed by atoms with E-state index in [1.54, 1.807) is 25.1 Å². The molecule has 0 aliphatic heterocycles. The maximum absolute atomic E-state index is 9.69. The lowest BCUT2D eigenvalue weighted by Crippen LogP contribution is -2.13. The summed E-state index contributed by atoms with van der Waals surface area (Å²) in [5, 5.41) is 19.0. The molecule has 1 aliphatic carbocycles. The van der Waals surface area contributed by atoms with Crippen molar-refractivity contribution < 1.29 is 9.84 Å². The molecule has 18 heavy (non-hydrogen) atoms. The topological polar surface area (TPSA) is 53.2 Å². The highest BCUT2D eigenvalue weighted by Crippen LogP contribution is 2.49. The molecule has 0 unspecified atom stereocenters. The molecule has 0 radical (unpaired) electrons. The summed E-state index contributed by atoms with van der Waals surface area (Å²) in [4.78, 5) is 0. The Kier molecular flexibility index (Phi) is 3.79. The van der Waals surface area contributed by atoms with Crippen LogP contribution < -0.4 is 4.74 Å². The Labute approximate surface area is 112 Å². The molecule has 96 valence electrons. The number of hydrogen-bond donors (Lipinski definition) is 1. The van der Waals surface area contributed by atoms with Crippen molar-refractivity contribution in [2.24, 2.45) is 5.41 Å². The Morgan fingerprint density at radius 1 is 1.56 bits per heavy atom. The van der Waals surface area contributed by atoms with Crippen LogP contribution in [0.2, 0.25) is 5.02 Å². The Hall–Kier alpha value is -1.24. The fraction of sp³-hybridized carbons (Fsp3) is 0.500. The third-order valence-electron chi connectivity index (χ3n) is 3.37. The van der Waals surface area contributed by atoms with Gasteiger partial charge in [-0.15, -0.1) is 0 Å². The number of hydrogen-bond acceptors (Lipinski definition) is 3. The predicted octanol–water partition coefficient (Wildman–Crippen LogP) is 3.47. The maximum Gasteiger partial charge on any atom is 0.125 e. The molecule has 1 aliphatic rings. The van der Waals surface area contributed by atoms with Crippen LogP contribution >= 0.6 is 11.6 Å². The minimum atomic E-state index is -0.621. The lowest BCUT2D eigenvalue weighted by atomic mass is 10.1. The smallest absolute Gasteiger partial charge is 0.125 e. The van der Waals surface area contributed by atoms with E-state index in [9.17, 15) is 5.11 Å². The molecule has 0 spiro atoms. The Morgan fingerprint density at radius 2 is 2.28 bits per heavy atom. The van der Waals surface area contributed by atoms with Gasteiger partial charge in [-0.1, -0.05) is 11.6 Å². The van der Waals surface area contributed by atoms with Gasteiger partial charge in [0.15, 0.2) is 0 Å². The fourth-order valence-electron chi connectivity index (χ4n) is 1.92. The van der Waals surface area contributed by atoms with Crippen molar-refractivity contribution in [1.29, 1.82) is 5.26 Å². The number of halogens is 1. The molecule has 4 heteroatoms. The first-order chi connectivity index (χ1) is 8.56. The Morgan fingerprint density at radius 3 is 2.83 bits per heavy atom. The van der Waals surface area contributed by atoms with Crippen molar-refractivity contribution in [1.82, 2.24) is 0 Å². The molecule has 0 amide bonds. The van der Waals surface area contributed by atoms with Crippen LogP contribution in [0.3, 0.4) is 0 Å². The van der Waals surface area contributed by atoms with E-state index < -0.39 is 6.10 Å². The molecule has 0 saturated heterocycles. The van der Waals surface area contributed by atoms with Gasteiger partial charge in [-0.05, 0) is 38.0 Å². The van der Waals surface area contributed by atoms with Gasteiger partial charge >= 0.3 is 0 Å². The molecule has 3 nitrogen and oxygen atoms in total. The molecule has 1 N–H and O–H groups in total. The standard InChI is InChI=1S/C14H16ClNO2/c1-10(17)12-8-11(15)2-3-13(12)18-9-14(4-5-14)6-7-16/h2-3,8,10,17H,4-6,9H2,1H3/t10-/m0/s1. The summed E-state index contributed by atoms with van der Waals surface area (Å²) in [7, 11) is 0. The van der Waals surface area contributed by atoms with E-state index in [2.05, 4.69) is 6.07 Å². The van der Waals surface area contributed by atoms with Crippen molar-refractivity contribution in [3.05, 3.63) is 28.8 Å². The van der Waals surface area contributed by atoms with Gasteiger partial charge in [0.05, 0.1) is 18.8 Å². The number of nitrogens with zero attached hydrogens (tertiary/aromatic N) is 1. The first-order valence-corrected chi connectivity index (χ1v) is 6.41. The quantitative estimate of drug-likeness (QED) is 0.887. The second-order valence-electron chi connectivity index (χ2n) is 4.98. The molecule has 0 aromatic heterocycles. The van der Waals surface area contributed by atoms with Crippen LogP contribution in [-0.4, -0.2) is 11.7 Å². The van der Waals surface area contributed by atoms with E-state index in [-0.39, 0.29) is 5.41 Å². The highest BCUT2D eigenvalue weighted by molar-refractivity contribution is 6.30. The van der Waals surface area contributed by atoms with E-state index in [0.29, 0.717) is 29.4 Å². The first kappa shape index (κ1) is 13.2. The second kappa shape index (κ2) is 5.17. The van der Waals surface area contributed by atoms with Crippen molar-refractivity contribution >= 4 is 11.6 Å². The third kappa shape index (κ3) is 2.95. The van der Waals surface area contributed by atoms with E-state index >= 15 is 0 Å². The minimum Gasteiger partial charge on any atom is -0.493 e. The Bertz CT molecular complexity index is 475. The van der Waals surface area contributed by atoms with Crippen LogP contribution in [0.4, 0.5) is 0 Å². The van der Waals surface area contributed by atoms with E-state index in [0.717, 1.165) is 12.8 Å².